The molecule has 2 aromatic rings. The van der Waals surface area contributed by atoms with E-state index in [9.17, 15) is 22.8 Å². The van der Waals surface area contributed by atoms with Crippen LogP contribution in [0.2, 0.25) is 0 Å². The molecule has 0 aromatic heterocycles. The summed E-state index contributed by atoms with van der Waals surface area (Å²) in [6.07, 6.45) is -4.42. The van der Waals surface area contributed by atoms with E-state index in [0.717, 1.165) is 12.1 Å². The molecule has 2 heterocycles. The average molecular weight is 462 g/mol. The molecular formula is C24H25F3N2O4. The standard InChI is InChI=1S/C24H25F3N2O4/c1-23(2,3)33-22(31)28-17-11-18-13-32-20-9-6-15(10-19(20)21(30)29(18)12-17)14-4-7-16(8-5-14)24(25,26)27/h4-10,17-18H,11-13H2,1-3H3,(H,28,31)/t17-,18-/m0/s1. The van der Waals surface area contributed by atoms with Gasteiger partial charge in [0.1, 0.15) is 18.0 Å². The zero-order valence-electron chi connectivity index (χ0n) is 18.5. The number of amides is 2. The van der Waals surface area contributed by atoms with Gasteiger partial charge in [0.2, 0.25) is 0 Å². The predicted molar refractivity (Wildman–Crippen MR) is 115 cm³/mol. The van der Waals surface area contributed by atoms with Gasteiger partial charge in [-0.2, -0.15) is 13.2 Å². The lowest BCUT2D eigenvalue weighted by atomic mass is 10.0. The number of ether oxygens (including phenoxy) is 2. The predicted octanol–water partition coefficient (Wildman–Crippen LogP) is 4.87. The van der Waals surface area contributed by atoms with Gasteiger partial charge >= 0.3 is 12.3 Å². The SMILES string of the molecule is CC(C)(C)OC(=O)N[C@H]1C[C@H]2COc3ccc(-c4ccc(C(F)(F)F)cc4)cc3C(=O)N2C1. The van der Waals surface area contributed by atoms with Crippen molar-refractivity contribution in [2.24, 2.45) is 0 Å². The topological polar surface area (TPSA) is 67.9 Å². The Hall–Kier alpha value is -3.23. The third kappa shape index (κ3) is 5.07. The molecule has 0 spiro atoms. The van der Waals surface area contributed by atoms with E-state index in [4.69, 9.17) is 9.47 Å². The van der Waals surface area contributed by atoms with E-state index in [1.165, 1.54) is 12.1 Å². The Balaban J connectivity index is 1.52. The number of halogens is 3. The summed E-state index contributed by atoms with van der Waals surface area (Å²) in [6.45, 7) is 5.92. The number of rotatable bonds is 2. The summed E-state index contributed by atoms with van der Waals surface area (Å²) in [6, 6.07) is 9.34. The van der Waals surface area contributed by atoms with Crippen molar-refractivity contribution in [2.45, 2.75) is 51.1 Å². The Morgan fingerprint density at radius 2 is 1.76 bits per heavy atom. The highest BCUT2D eigenvalue weighted by Gasteiger charge is 2.40. The molecule has 9 heteroatoms. The second-order valence-electron chi connectivity index (χ2n) is 9.29. The fraction of sp³-hybridized carbons (Fsp3) is 0.417. The van der Waals surface area contributed by atoms with Crippen LogP contribution >= 0.6 is 0 Å². The molecule has 176 valence electrons. The third-order valence-electron chi connectivity index (χ3n) is 5.58. The summed E-state index contributed by atoms with van der Waals surface area (Å²) >= 11 is 0. The Morgan fingerprint density at radius 3 is 2.39 bits per heavy atom. The first kappa shape index (κ1) is 22.9. The lowest BCUT2D eigenvalue weighted by molar-refractivity contribution is -0.137. The molecule has 1 saturated heterocycles. The molecule has 2 atom stereocenters. The van der Waals surface area contributed by atoms with Crippen molar-refractivity contribution in [1.82, 2.24) is 10.2 Å². The fourth-order valence-electron chi connectivity index (χ4n) is 4.10. The number of alkyl carbamates (subject to hydrolysis) is 1. The Morgan fingerprint density at radius 1 is 1.09 bits per heavy atom. The van der Waals surface area contributed by atoms with E-state index in [-0.39, 0.29) is 24.6 Å². The van der Waals surface area contributed by atoms with Gasteiger partial charge in [-0.3, -0.25) is 4.79 Å². The van der Waals surface area contributed by atoms with Crippen LogP contribution in [-0.2, 0) is 10.9 Å². The van der Waals surface area contributed by atoms with Crippen LogP contribution in [0, 0.1) is 0 Å². The molecule has 0 unspecified atom stereocenters. The maximum Gasteiger partial charge on any atom is 0.416 e. The highest BCUT2D eigenvalue weighted by atomic mass is 19.4. The summed E-state index contributed by atoms with van der Waals surface area (Å²) in [5, 5.41) is 2.81. The van der Waals surface area contributed by atoms with E-state index < -0.39 is 23.4 Å². The van der Waals surface area contributed by atoms with Crippen LogP contribution in [0.15, 0.2) is 42.5 Å². The lowest BCUT2D eigenvalue weighted by Gasteiger charge is -2.22. The first-order valence-corrected chi connectivity index (χ1v) is 10.7. The number of nitrogens with one attached hydrogen (secondary N) is 1. The molecule has 2 aromatic carbocycles. The molecule has 4 rings (SSSR count). The highest BCUT2D eigenvalue weighted by Crippen LogP contribution is 2.35. The van der Waals surface area contributed by atoms with Crippen molar-refractivity contribution in [1.29, 1.82) is 0 Å². The lowest BCUT2D eigenvalue weighted by Crippen LogP contribution is -2.41. The van der Waals surface area contributed by atoms with Gasteiger partial charge in [-0.1, -0.05) is 18.2 Å². The third-order valence-corrected chi connectivity index (χ3v) is 5.58. The summed E-state index contributed by atoms with van der Waals surface area (Å²) in [4.78, 5) is 27.1. The van der Waals surface area contributed by atoms with Crippen molar-refractivity contribution in [3.05, 3.63) is 53.6 Å². The molecule has 0 radical (unpaired) electrons. The first-order chi connectivity index (χ1) is 15.4. The number of fused-ring (bicyclic) bond motifs is 2. The fourth-order valence-corrected chi connectivity index (χ4v) is 4.10. The average Bonchev–Trinajstić information content (AvgIpc) is 3.06. The second kappa shape index (κ2) is 8.28. The smallest absolute Gasteiger partial charge is 0.416 e. The minimum Gasteiger partial charge on any atom is -0.491 e. The van der Waals surface area contributed by atoms with Gasteiger partial charge in [0.25, 0.3) is 5.91 Å². The quantitative estimate of drug-likeness (QED) is 0.691. The largest absolute Gasteiger partial charge is 0.491 e. The molecule has 1 N–H and O–H groups in total. The number of carbonyl (C=O) groups excluding carboxylic acids is 2. The van der Waals surface area contributed by atoms with E-state index in [2.05, 4.69) is 5.32 Å². The molecule has 2 aliphatic heterocycles. The molecule has 0 saturated carbocycles. The first-order valence-electron chi connectivity index (χ1n) is 10.7. The molecule has 0 bridgehead atoms. The van der Waals surface area contributed by atoms with Crippen molar-refractivity contribution in [3.63, 3.8) is 0 Å². The van der Waals surface area contributed by atoms with Crippen LogP contribution in [0.25, 0.3) is 11.1 Å². The van der Waals surface area contributed by atoms with Gasteiger partial charge in [0.05, 0.1) is 23.2 Å². The van der Waals surface area contributed by atoms with Crippen LogP contribution in [-0.4, -0.2) is 47.7 Å². The number of carbonyl (C=O) groups is 2. The second-order valence-corrected chi connectivity index (χ2v) is 9.29. The number of nitrogens with zero attached hydrogens (tertiary/aromatic N) is 1. The van der Waals surface area contributed by atoms with E-state index >= 15 is 0 Å². The normalized spacial score (nSPS) is 20.4. The summed E-state index contributed by atoms with van der Waals surface area (Å²) in [5.41, 5.74) is 0.155. The van der Waals surface area contributed by atoms with Gasteiger partial charge in [-0.25, -0.2) is 4.79 Å². The Labute approximate surface area is 189 Å². The van der Waals surface area contributed by atoms with E-state index in [0.29, 0.717) is 35.4 Å². The van der Waals surface area contributed by atoms with Crippen LogP contribution in [0.3, 0.4) is 0 Å². The van der Waals surface area contributed by atoms with Crippen LogP contribution in [0.5, 0.6) is 5.75 Å². The monoisotopic (exact) mass is 462 g/mol. The van der Waals surface area contributed by atoms with Crippen LogP contribution in [0.1, 0.15) is 43.1 Å². The molecule has 2 aliphatic rings. The highest BCUT2D eigenvalue weighted by molar-refractivity contribution is 5.99. The Bertz CT molecular complexity index is 1060. The number of benzene rings is 2. The number of hydrogen-bond donors (Lipinski definition) is 1. The zero-order valence-corrected chi connectivity index (χ0v) is 18.5. The number of alkyl halides is 3. The minimum absolute atomic E-state index is 0.209. The summed E-state index contributed by atoms with van der Waals surface area (Å²) in [7, 11) is 0. The molecule has 2 amide bonds. The van der Waals surface area contributed by atoms with Crippen LogP contribution in [0.4, 0.5) is 18.0 Å². The molecule has 1 fully saturated rings. The van der Waals surface area contributed by atoms with Crippen LogP contribution < -0.4 is 10.1 Å². The maximum absolute atomic E-state index is 13.3. The van der Waals surface area contributed by atoms with Crippen molar-refractivity contribution in [3.8, 4) is 16.9 Å². The van der Waals surface area contributed by atoms with Crippen molar-refractivity contribution in [2.75, 3.05) is 13.2 Å². The van der Waals surface area contributed by atoms with Gasteiger partial charge < -0.3 is 19.7 Å². The summed E-state index contributed by atoms with van der Waals surface area (Å²) < 4.78 is 49.7. The van der Waals surface area contributed by atoms with Gasteiger partial charge in [-0.15, -0.1) is 0 Å². The minimum atomic E-state index is -4.41. The van der Waals surface area contributed by atoms with Gasteiger partial charge in [0.15, 0.2) is 0 Å². The maximum atomic E-state index is 13.3. The van der Waals surface area contributed by atoms with Crippen molar-refractivity contribution < 1.29 is 32.2 Å². The molecule has 33 heavy (non-hydrogen) atoms. The van der Waals surface area contributed by atoms with Crippen molar-refractivity contribution >= 4 is 12.0 Å². The van der Waals surface area contributed by atoms with Gasteiger partial charge in [-0.05, 0) is 62.6 Å². The van der Waals surface area contributed by atoms with E-state index in [1.807, 2.05) is 0 Å². The molecule has 6 nitrogen and oxygen atoms in total. The molecular weight excluding hydrogens is 437 g/mol. The van der Waals surface area contributed by atoms with Gasteiger partial charge in [0, 0.05) is 6.54 Å². The molecule has 0 aliphatic carbocycles. The summed E-state index contributed by atoms with van der Waals surface area (Å²) in [5.74, 6) is 0.191. The van der Waals surface area contributed by atoms with E-state index in [1.54, 1.807) is 43.9 Å². The number of hydrogen-bond acceptors (Lipinski definition) is 4. The zero-order chi connectivity index (χ0) is 24.0. The Kier molecular flexibility index (Phi) is 5.76.